The van der Waals surface area contributed by atoms with Crippen molar-refractivity contribution in [2.45, 2.75) is 13.0 Å². The second kappa shape index (κ2) is 8.31. The number of carbonyl (C=O) groups is 1. The number of aromatic nitrogens is 1. The Hall–Kier alpha value is -2.77. The lowest BCUT2D eigenvalue weighted by Crippen LogP contribution is -2.53. The fourth-order valence-corrected chi connectivity index (χ4v) is 3.84. The van der Waals surface area contributed by atoms with E-state index in [0.29, 0.717) is 29.2 Å². The number of anilines is 1. The number of carbonyl (C=O) groups excluding carboxylic acids is 1. The van der Waals surface area contributed by atoms with Crippen molar-refractivity contribution in [2.24, 2.45) is 0 Å². The molecule has 0 unspecified atom stereocenters. The number of piperazine rings is 1. The van der Waals surface area contributed by atoms with E-state index in [1.54, 1.807) is 18.2 Å². The van der Waals surface area contributed by atoms with Gasteiger partial charge in [-0.2, -0.15) is 0 Å². The molecule has 1 amide bonds. The molecule has 0 radical (unpaired) electrons. The average Bonchev–Trinajstić information content (AvgIpc) is 3.08. The summed E-state index contributed by atoms with van der Waals surface area (Å²) in [6, 6.07) is 13.2. The Balaban J connectivity index is 1.28. The van der Waals surface area contributed by atoms with E-state index in [9.17, 15) is 9.59 Å². The first kappa shape index (κ1) is 19.5. The Morgan fingerprint density at radius 3 is 2.79 bits per heavy atom. The highest BCUT2D eigenvalue weighted by molar-refractivity contribution is 6.30. The van der Waals surface area contributed by atoms with Crippen molar-refractivity contribution in [3.8, 4) is 0 Å². The van der Waals surface area contributed by atoms with Crippen LogP contribution in [0.1, 0.15) is 17.3 Å². The van der Waals surface area contributed by atoms with E-state index < -0.39 is 5.76 Å². The van der Waals surface area contributed by atoms with E-state index in [1.165, 1.54) is 5.69 Å². The number of amides is 1. The van der Waals surface area contributed by atoms with E-state index in [2.05, 4.69) is 27.0 Å². The van der Waals surface area contributed by atoms with Gasteiger partial charge in [0.25, 0.3) is 5.91 Å². The van der Waals surface area contributed by atoms with Crippen molar-refractivity contribution < 1.29 is 9.21 Å². The Labute approximate surface area is 173 Å². The molecule has 152 valence electrons. The number of hydrogen-bond acceptors (Lipinski definition) is 5. The molecule has 0 saturated carbocycles. The van der Waals surface area contributed by atoms with E-state index in [1.807, 2.05) is 24.3 Å². The van der Waals surface area contributed by atoms with Gasteiger partial charge >= 0.3 is 5.76 Å². The van der Waals surface area contributed by atoms with Gasteiger partial charge in [0.1, 0.15) is 0 Å². The smallest absolute Gasteiger partial charge is 0.408 e. The van der Waals surface area contributed by atoms with Crippen LogP contribution < -0.4 is 16.0 Å². The topological polar surface area (TPSA) is 81.6 Å². The summed E-state index contributed by atoms with van der Waals surface area (Å²) >= 11 is 5.98. The molecule has 1 fully saturated rings. The lowest BCUT2D eigenvalue weighted by atomic mass is 10.1. The summed E-state index contributed by atoms with van der Waals surface area (Å²) in [5.41, 5.74) is 2.62. The van der Waals surface area contributed by atoms with Crippen LogP contribution in [0, 0.1) is 0 Å². The first-order chi connectivity index (χ1) is 14.0. The number of benzene rings is 2. The highest BCUT2D eigenvalue weighted by atomic mass is 35.5. The lowest BCUT2D eigenvalue weighted by Gasteiger charge is -2.41. The molecule has 29 heavy (non-hydrogen) atoms. The number of rotatable bonds is 5. The summed E-state index contributed by atoms with van der Waals surface area (Å²) < 4.78 is 5.01. The molecule has 8 heteroatoms. The summed E-state index contributed by atoms with van der Waals surface area (Å²) in [6.07, 6.45) is 0. The molecular weight excluding hydrogens is 392 g/mol. The number of H-pyrrole nitrogens is 1. The van der Waals surface area contributed by atoms with Crippen molar-refractivity contribution in [3.05, 3.63) is 63.6 Å². The zero-order chi connectivity index (χ0) is 20.4. The predicted octanol–water partition coefficient (Wildman–Crippen LogP) is 2.71. The van der Waals surface area contributed by atoms with Crippen LogP contribution in [0.5, 0.6) is 0 Å². The standard InChI is InChI=1S/C21H23ClN4O3/c1-14-13-26(17-5-3-16(22)4-6-17)11-10-25(14)9-8-23-20(27)15-2-7-18-19(12-15)29-21(28)24-18/h2-7,12,14H,8-11,13H2,1H3,(H,23,27)(H,24,28)/t14-/m1/s1. The molecule has 1 saturated heterocycles. The van der Waals surface area contributed by atoms with Gasteiger partial charge in [0.2, 0.25) is 0 Å². The molecule has 2 heterocycles. The van der Waals surface area contributed by atoms with Crippen molar-refractivity contribution in [1.29, 1.82) is 0 Å². The van der Waals surface area contributed by atoms with Gasteiger partial charge in [-0.3, -0.25) is 14.7 Å². The largest absolute Gasteiger partial charge is 0.417 e. The Morgan fingerprint density at radius 2 is 2.03 bits per heavy atom. The van der Waals surface area contributed by atoms with Crippen LogP contribution in [0.3, 0.4) is 0 Å². The fraction of sp³-hybridized carbons (Fsp3) is 0.333. The van der Waals surface area contributed by atoms with Crippen LogP contribution in [-0.2, 0) is 0 Å². The molecule has 0 spiro atoms. The number of aromatic amines is 1. The van der Waals surface area contributed by atoms with Crippen molar-refractivity contribution >= 4 is 34.3 Å². The third-order valence-corrected chi connectivity index (χ3v) is 5.58. The molecule has 1 aromatic heterocycles. The third kappa shape index (κ3) is 4.46. The molecule has 4 rings (SSSR count). The minimum Gasteiger partial charge on any atom is -0.408 e. The highest BCUT2D eigenvalue weighted by Gasteiger charge is 2.23. The SMILES string of the molecule is C[C@@H]1CN(c2ccc(Cl)cc2)CCN1CCNC(=O)c1ccc2[nH]c(=O)oc2c1. The molecule has 0 aliphatic carbocycles. The van der Waals surface area contributed by atoms with Gasteiger partial charge in [-0.25, -0.2) is 4.79 Å². The summed E-state index contributed by atoms with van der Waals surface area (Å²) in [4.78, 5) is 30.9. The maximum absolute atomic E-state index is 12.4. The zero-order valence-corrected chi connectivity index (χ0v) is 16.9. The number of oxazole rings is 1. The van der Waals surface area contributed by atoms with Crippen LogP contribution >= 0.6 is 11.6 Å². The third-order valence-electron chi connectivity index (χ3n) is 5.32. The maximum Gasteiger partial charge on any atom is 0.417 e. The summed E-state index contributed by atoms with van der Waals surface area (Å²) in [6.45, 7) is 6.33. The first-order valence-corrected chi connectivity index (χ1v) is 10.0. The fourth-order valence-electron chi connectivity index (χ4n) is 3.72. The molecule has 2 aromatic carbocycles. The average molecular weight is 415 g/mol. The summed E-state index contributed by atoms with van der Waals surface area (Å²) in [5, 5.41) is 3.69. The molecular formula is C21H23ClN4O3. The van der Waals surface area contributed by atoms with Crippen molar-refractivity contribution in [1.82, 2.24) is 15.2 Å². The predicted molar refractivity (Wildman–Crippen MR) is 114 cm³/mol. The number of fused-ring (bicyclic) bond motifs is 1. The van der Waals surface area contributed by atoms with Gasteiger partial charge in [0.15, 0.2) is 5.58 Å². The van der Waals surface area contributed by atoms with Crippen LogP contribution in [0.25, 0.3) is 11.1 Å². The Bertz CT molecular complexity index is 1060. The van der Waals surface area contributed by atoms with Crippen LogP contribution in [0.4, 0.5) is 5.69 Å². The number of hydrogen-bond donors (Lipinski definition) is 2. The molecule has 1 aliphatic heterocycles. The minimum atomic E-state index is -0.524. The lowest BCUT2D eigenvalue weighted by molar-refractivity contribution is 0.0942. The van der Waals surface area contributed by atoms with Gasteiger partial charge in [-0.15, -0.1) is 0 Å². The van der Waals surface area contributed by atoms with Crippen LogP contribution in [0.15, 0.2) is 51.7 Å². The molecule has 0 bridgehead atoms. The van der Waals surface area contributed by atoms with E-state index in [-0.39, 0.29) is 5.91 Å². The van der Waals surface area contributed by atoms with Gasteiger partial charge in [-0.05, 0) is 49.4 Å². The summed E-state index contributed by atoms with van der Waals surface area (Å²) in [7, 11) is 0. The van der Waals surface area contributed by atoms with Gasteiger partial charge in [0, 0.05) is 55.0 Å². The van der Waals surface area contributed by atoms with Gasteiger partial charge < -0.3 is 14.6 Å². The van der Waals surface area contributed by atoms with Crippen LogP contribution in [0.2, 0.25) is 5.02 Å². The van der Waals surface area contributed by atoms with Gasteiger partial charge in [0.05, 0.1) is 5.52 Å². The molecule has 1 aliphatic rings. The Kier molecular flexibility index (Phi) is 5.60. The summed E-state index contributed by atoms with van der Waals surface area (Å²) in [5.74, 6) is -0.701. The van der Waals surface area contributed by atoms with Crippen LogP contribution in [-0.4, -0.2) is 54.6 Å². The monoisotopic (exact) mass is 414 g/mol. The maximum atomic E-state index is 12.4. The normalized spacial score (nSPS) is 17.6. The molecule has 7 nitrogen and oxygen atoms in total. The van der Waals surface area contributed by atoms with Crippen molar-refractivity contribution in [3.63, 3.8) is 0 Å². The van der Waals surface area contributed by atoms with Gasteiger partial charge in [-0.1, -0.05) is 11.6 Å². The van der Waals surface area contributed by atoms with E-state index >= 15 is 0 Å². The number of nitrogens with one attached hydrogen (secondary N) is 2. The zero-order valence-electron chi connectivity index (χ0n) is 16.2. The highest BCUT2D eigenvalue weighted by Crippen LogP contribution is 2.21. The minimum absolute atomic E-state index is 0.178. The Morgan fingerprint density at radius 1 is 1.24 bits per heavy atom. The van der Waals surface area contributed by atoms with Crippen molar-refractivity contribution in [2.75, 3.05) is 37.6 Å². The molecule has 2 N–H and O–H groups in total. The molecule has 3 aromatic rings. The second-order valence-corrected chi connectivity index (χ2v) is 7.73. The first-order valence-electron chi connectivity index (χ1n) is 9.65. The second-order valence-electron chi connectivity index (χ2n) is 7.29. The molecule has 1 atom stereocenters. The number of nitrogens with zero attached hydrogens (tertiary/aromatic N) is 2. The van der Waals surface area contributed by atoms with E-state index in [0.717, 1.165) is 31.2 Å². The number of halogens is 1. The van der Waals surface area contributed by atoms with E-state index in [4.69, 9.17) is 16.0 Å². The quantitative estimate of drug-likeness (QED) is 0.670.